The van der Waals surface area contributed by atoms with Gasteiger partial charge >= 0.3 is 0 Å². The Kier molecular flexibility index (Phi) is 4.91. The molecule has 0 radical (unpaired) electrons. The van der Waals surface area contributed by atoms with Gasteiger partial charge in [0, 0.05) is 24.1 Å². The van der Waals surface area contributed by atoms with Gasteiger partial charge in [-0.3, -0.25) is 9.89 Å². The molecule has 0 unspecified atom stereocenters. The Balaban J connectivity index is 1.76. The highest BCUT2D eigenvalue weighted by Crippen LogP contribution is 2.31. The third-order valence-electron chi connectivity index (χ3n) is 4.14. The minimum absolute atomic E-state index is 0.0711. The van der Waals surface area contributed by atoms with E-state index in [1.807, 2.05) is 32.0 Å². The first-order valence-electron chi connectivity index (χ1n) is 7.83. The molecule has 128 valence electrons. The Morgan fingerprint density at radius 2 is 2.29 bits per heavy atom. The molecule has 2 heterocycles. The molecule has 0 saturated carbocycles. The number of para-hydroxylation sites is 1. The number of nitrogens with one attached hydrogen (secondary N) is 2. The second-order valence-corrected chi connectivity index (χ2v) is 6.73. The van der Waals surface area contributed by atoms with Gasteiger partial charge in [-0.2, -0.15) is 5.10 Å². The average Bonchev–Trinajstić information content (AvgIpc) is 2.96. The lowest BCUT2D eigenvalue weighted by molar-refractivity contribution is -0.00697. The number of benzene rings is 1. The standard InChI is InChI=1S/C17H20BrN3O3/c1-9-7-12-14(10(2)24-9)20-21-15(12)17(22)19-8-11-5-4-6-13(18)16(11)23-3/h4-6,9-10H,7-8H2,1-3H3,(H,19,22)(H,20,21)/t9-,10+/m0/s1. The molecule has 0 spiro atoms. The summed E-state index contributed by atoms with van der Waals surface area (Å²) in [5, 5.41) is 10.1. The fraction of sp³-hybridized carbons (Fsp3) is 0.412. The van der Waals surface area contributed by atoms with Gasteiger partial charge in [0.2, 0.25) is 0 Å². The summed E-state index contributed by atoms with van der Waals surface area (Å²) in [7, 11) is 1.61. The number of hydrogen-bond acceptors (Lipinski definition) is 4. The molecular formula is C17H20BrN3O3. The summed E-state index contributed by atoms with van der Waals surface area (Å²) >= 11 is 3.45. The monoisotopic (exact) mass is 393 g/mol. The molecule has 0 fully saturated rings. The number of rotatable bonds is 4. The third kappa shape index (κ3) is 3.18. The zero-order valence-corrected chi connectivity index (χ0v) is 15.4. The first kappa shape index (κ1) is 17.0. The van der Waals surface area contributed by atoms with Crippen LogP contribution in [-0.2, 0) is 17.7 Å². The molecule has 1 aliphatic heterocycles. The SMILES string of the molecule is COc1c(Br)cccc1CNC(=O)c1n[nH]c2c1C[C@H](C)O[C@@H]2C. The van der Waals surface area contributed by atoms with E-state index in [4.69, 9.17) is 9.47 Å². The molecule has 0 bridgehead atoms. The highest BCUT2D eigenvalue weighted by molar-refractivity contribution is 9.10. The molecule has 2 N–H and O–H groups in total. The molecule has 2 atom stereocenters. The van der Waals surface area contributed by atoms with Crippen molar-refractivity contribution < 1.29 is 14.3 Å². The van der Waals surface area contributed by atoms with E-state index >= 15 is 0 Å². The highest BCUT2D eigenvalue weighted by atomic mass is 79.9. The molecule has 6 nitrogen and oxygen atoms in total. The quantitative estimate of drug-likeness (QED) is 0.836. The lowest BCUT2D eigenvalue weighted by Gasteiger charge is -2.25. The van der Waals surface area contributed by atoms with Crippen LogP contribution < -0.4 is 10.1 Å². The number of methoxy groups -OCH3 is 1. The molecule has 2 aromatic rings. The van der Waals surface area contributed by atoms with E-state index in [2.05, 4.69) is 31.4 Å². The maximum absolute atomic E-state index is 12.6. The van der Waals surface area contributed by atoms with Crippen LogP contribution in [0.3, 0.4) is 0 Å². The first-order chi connectivity index (χ1) is 11.5. The van der Waals surface area contributed by atoms with Crippen molar-refractivity contribution in [2.45, 2.75) is 39.0 Å². The molecule has 1 amide bonds. The molecule has 0 saturated heterocycles. The largest absolute Gasteiger partial charge is 0.495 e. The number of carbonyl (C=O) groups is 1. The summed E-state index contributed by atoms with van der Waals surface area (Å²) in [6.45, 7) is 4.33. The Hall–Kier alpha value is -1.86. The minimum atomic E-state index is -0.198. The van der Waals surface area contributed by atoms with Gasteiger partial charge in [0.15, 0.2) is 5.69 Å². The van der Waals surface area contributed by atoms with Crippen molar-refractivity contribution in [3.8, 4) is 5.75 Å². The summed E-state index contributed by atoms with van der Waals surface area (Å²) in [5.74, 6) is 0.522. The maximum Gasteiger partial charge on any atom is 0.272 e. The molecule has 24 heavy (non-hydrogen) atoms. The number of fused-ring (bicyclic) bond motifs is 1. The Labute approximate surface area is 149 Å². The van der Waals surface area contributed by atoms with Crippen LogP contribution in [0.15, 0.2) is 22.7 Å². The van der Waals surface area contributed by atoms with Gasteiger partial charge in [-0.1, -0.05) is 12.1 Å². The normalized spacial score (nSPS) is 19.7. The fourth-order valence-electron chi connectivity index (χ4n) is 3.04. The van der Waals surface area contributed by atoms with Gasteiger partial charge in [-0.25, -0.2) is 0 Å². The molecule has 1 aliphatic rings. The second kappa shape index (κ2) is 6.94. The topological polar surface area (TPSA) is 76.2 Å². The third-order valence-corrected chi connectivity index (χ3v) is 4.77. The van der Waals surface area contributed by atoms with E-state index in [-0.39, 0.29) is 18.1 Å². The predicted molar refractivity (Wildman–Crippen MR) is 93.1 cm³/mol. The van der Waals surface area contributed by atoms with Gasteiger partial charge in [0.05, 0.1) is 29.5 Å². The number of aromatic nitrogens is 2. The smallest absolute Gasteiger partial charge is 0.272 e. The number of H-pyrrole nitrogens is 1. The average molecular weight is 394 g/mol. The summed E-state index contributed by atoms with van der Waals surface area (Å²) in [4.78, 5) is 12.6. The molecular weight excluding hydrogens is 374 g/mol. The maximum atomic E-state index is 12.6. The number of halogens is 1. The minimum Gasteiger partial charge on any atom is -0.495 e. The predicted octanol–water partition coefficient (Wildman–Crippen LogP) is 3.13. The van der Waals surface area contributed by atoms with E-state index in [1.54, 1.807) is 7.11 Å². The highest BCUT2D eigenvalue weighted by Gasteiger charge is 2.29. The summed E-state index contributed by atoms with van der Waals surface area (Å²) < 4.78 is 12.0. The van der Waals surface area contributed by atoms with Crippen molar-refractivity contribution in [1.82, 2.24) is 15.5 Å². The van der Waals surface area contributed by atoms with Crippen molar-refractivity contribution in [3.05, 3.63) is 45.2 Å². The number of nitrogens with zero attached hydrogens (tertiary/aromatic N) is 1. The summed E-state index contributed by atoms with van der Waals surface area (Å²) in [5.41, 5.74) is 3.17. The van der Waals surface area contributed by atoms with Crippen molar-refractivity contribution in [2.75, 3.05) is 7.11 Å². The lowest BCUT2D eigenvalue weighted by atomic mass is 9.99. The van der Waals surface area contributed by atoms with Crippen LogP contribution in [0.1, 0.15) is 47.3 Å². The lowest BCUT2D eigenvalue weighted by Crippen LogP contribution is -2.27. The number of carbonyl (C=O) groups excluding carboxylic acids is 1. The zero-order chi connectivity index (χ0) is 17.3. The molecule has 3 rings (SSSR count). The fourth-order valence-corrected chi connectivity index (χ4v) is 3.61. The van der Waals surface area contributed by atoms with Crippen LogP contribution >= 0.6 is 15.9 Å². The first-order valence-corrected chi connectivity index (χ1v) is 8.62. The van der Waals surface area contributed by atoms with Crippen molar-refractivity contribution in [2.24, 2.45) is 0 Å². The van der Waals surface area contributed by atoms with Crippen LogP contribution in [0, 0.1) is 0 Å². The van der Waals surface area contributed by atoms with Gasteiger partial charge in [0.1, 0.15) is 5.75 Å². The van der Waals surface area contributed by atoms with Crippen LogP contribution in [-0.4, -0.2) is 29.3 Å². The van der Waals surface area contributed by atoms with E-state index < -0.39 is 0 Å². The molecule has 0 aliphatic carbocycles. The summed E-state index contributed by atoms with van der Waals surface area (Å²) in [6, 6.07) is 5.73. The van der Waals surface area contributed by atoms with Crippen LogP contribution in [0.25, 0.3) is 0 Å². The number of aromatic amines is 1. The number of ether oxygens (including phenoxy) is 2. The molecule has 1 aromatic heterocycles. The van der Waals surface area contributed by atoms with Gasteiger partial charge in [-0.15, -0.1) is 0 Å². The number of amides is 1. The Morgan fingerprint density at radius 1 is 1.50 bits per heavy atom. The van der Waals surface area contributed by atoms with Gasteiger partial charge in [-0.05, 0) is 35.8 Å². The van der Waals surface area contributed by atoms with Crippen LogP contribution in [0.4, 0.5) is 0 Å². The second-order valence-electron chi connectivity index (χ2n) is 5.87. The van der Waals surface area contributed by atoms with Crippen molar-refractivity contribution in [3.63, 3.8) is 0 Å². The molecule has 7 heteroatoms. The van der Waals surface area contributed by atoms with E-state index in [0.717, 1.165) is 27.0 Å². The van der Waals surface area contributed by atoms with Crippen LogP contribution in [0.5, 0.6) is 5.75 Å². The van der Waals surface area contributed by atoms with Gasteiger partial charge < -0.3 is 14.8 Å². The van der Waals surface area contributed by atoms with Gasteiger partial charge in [0.25, 0.3) is 5.91 Å². The van der Waals surface area contributed by atoms with Crippen LogP contribution in [0.2, 0.25) is 0 Å². The Bertz CT molecular complexity index is 760. The molecule has 1 aromatic carbocycles. The van der Waals surface area contributed by atoms with E-state index in [9.17, 15) is 4.79 Å². The van der Waals surface area contributed by atoms with Crippen molar-refractivity contribution in [1.29, 1.82) is 0 Å². The van der Waals surface area contributed by atoms with Crippen molar-refractivity contribution >= 4 is 21.8 Å². The van der Waals surface area contributed by atoms with E-state index in [0.29, 0.717) is 18.7 Å². The zero-order valence-electron chi connectivity index (χ0n) is 13.9. The number of hydrogen-bond donors (Lipinski definition) is 2. The summed E-state index contributed by atoms with van der Waals surface area (Å²) in [6.07, 6.45) is 0.670. The Morgan fingerprint density at radius 3 is 3.04 bits per heavy atom. The van der Waals surface area contributed by atoms with E-state index in [1.165, 1.54) is 0 Å².